The maximum Gasteiger partial charge on any atom is 0.339 e. The third-order valence-electron chi connectivity index (χ3n) is 2.34. The lowest BCUT2D eigenvalue weighted by Gasteiger charge is -1.97. The van der Waals surface area contributed by atoms with Gasteiger partial charge in [0.2, 0.25) is 0 Å². The van der Waals surface area contributed by atoms with Gasteiger partial charge in [0.1, 0.15) is 22.7 Å². The summed E-state index contributed by atoms with van der Waals surface area (Å²) in [6.07, 6.45) is 0. The van der Waals surface area contributed by atoms with Gasteiger partial charge < -0.3 is 9.52 Å². The lowest BCUT2D eigenvalue weighted by molar-refractivity contribution is 0.0697. The van der Waals surface area contributed by atoms with E-state index in [0.717, 1.165) is 0 Å². The molecule has 2 rings (SSSR count). The lowest BCUT2D eigenvalue weighted by Crippen LogP contribution is -1.97. The van der Waals surface area contributed by atoms with Crippen molar-refractivity contribution >= 4 is 16.9 Å². The highest BCUT2D eigenvalue weighted by Crippen LogP contribution is 2.29. The van der Waals surface area contributed by atoms with Crippen molar-refractivity contribution < 1.29 is 18.7 Å². The fourth-order valence-electron chi connectivity index (χ4n) is 1.76. The predicted molar refractivity (Wildman–Crippen MR) is 52.6 cm³/mol. The molecule has 78 valence electrons. The largest absolute Gasteiger partial charge is 0.478 e. The number of rotatable bonds is 1. The van der Waals surface area contributed by atoms with Crippen molar-refractivity contribution in [3.05, 3.63) is 34.8 Å². The van der Waals surface area contributed by atoms with E-state index in [4.69, 9.17) is 9.52 Å². The Labute approximate surface area is 85.1 Å². The van der Waals surface area contributed by atoms with E-state index in [1.54, 1.807) is 13.8 Å². The Morgan fingerprint density at radius 2 is 2.07 bits per heavy atom. The Kier molecular flexibility index (Phi) is 2.00. The molecule has 1 aromatic heterocycles. The Hall–Kier alpha value is -1.84. The van der Waals surface area contributed by atoms with Crippen LogP contribution in [0.1, 0.15) is 21.7 Å². The van der Waals surface area contributed by atoms with E-state index in [2.05, 4.69) is 0 Å². The second kappa shape index (κ2) is 3.08. The monoisotopic (exact) mass is 208 g/mol. The Bertz CT molecular complexity index is 554. The maximum atomic E-state index is 13.0. The lowest BCUT2D eigenvalue weighted by atomic mass is 10.1. The van der Waals surface area contributed by atoms with Crippen LogP contribution in [0.4, 0.5) is 4.39 Å². The van der Waals surface area contributed by atoms with Crippen molar-refractivity contribution in [2.45, 2.75) is 13.8 Å². The van der Waals surface area contributed by atoms with Crippen LogP contribution < -0.4 is 0 Å². The average Bonchev–Trinajstić information content (AvgIpc) is 2.40. The summed E-state index contributed by atoms with van der Waals surface area (Å²) in [6.45, 7) is 3.22. The Balaban J connectivity index is 2.93. The zero-order valence-corrected chi connectivity index (χ0v) is 8.30. The number of carboxylic acids is 1. The second-order valence-electron chi connectivity index (χ2n) is 3.43. The molecule has 0 aliphatic rings. The molecule has 2 aromatic rings. The van der Waals surface area contributed by atoms with Crippen LogP contribution in [0.15, 0.2) is 16.5 Å². The Morgan fingerprint density at radius 1 is 1.40 bits per heavy atom. The van der Waals surface area contributed by atoms with Crippen molar-refractivity contribution in [3.8, 4) is 0 Å². The van der Waals surface area contributed by atoms with E-state index in [9.17, 15) is 9.18 Å². The van der Waals surface area contributed by atoms with Gasteiger partial charge in [0.15, 0.2) is 0 Å². The third-order valence-corrected chi connectivity index (χ3v) is 2.34. The van der Waals surface area contributed by atoms with Crippen molar-refractivity contribution in [2.24, 2.45) is 0 Å². The highest BCUT2D eigenvalue weighted by molar-refractivity contribution is 6.04. The number of hydrogen-bond donors (Lipinski definition) is 1. The zero-order valence-electron chi connectivity index (χ0n) is 8.30. The molecule has 0 aliphatic heterocycles. The maximum absolute atomic E-state index is 13.0. The van der Waals surface area contributed by atoms with Gasteiger partial charge in [0.25, 0.3) is 0 Å². The number of carbonyl (C=O) groups is 1. The minimum atomic E-state index is -1.05. The van der Waals surface area contributed by atoms with Crippen LogP contribution in [0.25, 0.3) is 11.0 Å². The minimum Gasteiger partial charge on any atom is -0.478 e. The van der Waals surface area contributed by atoms with Gasteiger partial charge in [0, 0.05) is 11.5 Å². The summed E-state index contributed by atoms with van der Waals surface area (Å²) in [5, 5.41) is 9.47. The molecule has 0 spiro atoms. The molecule has 0 saturated heterocycles. The number of hydrogen-bond acceptors (Lipinski definition) is 2. The quantitative estimate of drug-likeness (QED) is 0.783. The number of benzene rings is 1. The molecule has 1 aromatic carbocycles. The van der Waals surface area contributed by atoms with Crippen molar-refractivity contribution in [1.29, 1.82) is 0 Å². The first kappa shape index (κ1) is 9.71. The molecule has 0 aliphatic carbocycles. The standard InChI is InChI=1S/C11H9FO3/c1-5-3-7(12)4-8-9(5)10(11(13)14)6(2)15-8/h3-4H,1-2H3,(H,13,14). The molecule has 0 atom stereocenters. The van der Waals surface area contributed by atoms with E-state index in [1.165, 1.54) is 12.1 Å². The van der Waals surface area contributed by atoms with Crippen LogP contribution in [-0.4, -0.2) is 11.1 Å². The van der Waals surface area contributed by atoms with Crippen LogP contribution in [0.3, 0.4) is 0 Å². The van der Waals surface area contributed by atoms with Crippen LogP contribution in [0.5, 0.6) is 0 Å². The van der Waals surface area contributed by atoms with Crippen molar-refractivity contribution in [2.75, 3.05) is 0 Å². The first-order chi connectivity index (χ1) is 7.00. The summed E-state index contributed by atoms with van der Waals surface area (Å²) >= 11 is 0. The molecule has 15 heavy (non-hydrogen) atoms. The summed E-state index contributed by atoms with van der Waals surface area (Å²) in [5.41, 5.74) is 0.962. The van der Waals surface area contributed by atoms with Crippen LogP contribution in [-0.2, 0) is 0 Å². The molecule has 0 amide bonds. The molecule has 0 radical (unpaired) electrons. The van der Waals surface area contributed by atoms with E-state index in [-0.39, 0.29) is 11.1 Å². The summed E-state index contributed by atoms with van der Waals surface area (Å²) in [7, 11) is 0. The number of furan rings is 1. The number of halogens is 1. The number of aromatic carboxylic acids is 1. The molecule has 1 N–H and O–H groups in total. The molecular weight excluding hydrogens is 199 g/mol. The summed E-state index contributed by atoms with van der Waals surface area (Å²) in [6, 6.07) is 2.49. The molecule has 0 fully saturated rings. The first-order valence-electron chi connectivity index (χ1n) is 4.43. The number of aryl methyl sites for hydroxylation is 2. The third kappa shape index (κ3) is 1.38. The molecule has 1 heterocycles. The fourth-order valence-corrected chi connectivity index (χ4v) is 1.76. The normalized spacial score (nSPS) is 10.9. The van der Waals surface area contributed by atoms with Gasteiger partial charge in [-0.15, -0.1) is 0 Å². The summed E-state index contributed by atoms with van der Waals surface area (Å²) in [5.74, 6) is -1.18. The predicted octanol–water partition coefficient (Wildman–Crippen LogP) is 2.89. The van der Waals surface area contributed by atoms with Crippen LogP contribution in [0, 0.1) is 19.7 Å². The van der Waals surface area contributed by atoms with E-state index >= 15 is 0 Å². The zero-order chi connectivity index (χ0) is 11.2. The van der Waals surface area contributed by atoms with Gasteiger partial charge >= 0.3 is 5.97 Å². The van der Waals surface area contributed by atoms with Gasteiger partial charge in [-0.1, -0.05) is 0 Å². The van der Waals surface area contributed by atoms with Gasteiger partial charge in [-0.05, 0) is 25.5 Å². The van der Waals surface area contributed by atoms with Crippen molar-refractivity contribution in [3.63, 3.8) is 0 Å². The Morgan fingerprint density at radius 3 is 2.67 bits per heavy atom. The summed E-state index contributed by atoms with van der Waals surface area (Å²) in [4.78, 5) is 11.0. The molecule has 4 heteroatoms. The van der Waals surface area contributed by atoms with E-state index in [1.807, 2.05) is 0 Å². The number of carboxylic acid groups (broad SMARTS) is 1. The average molecular weight is 208 g/mol. The molecule has 3 nitrogen and oxygen atoms in total. The molecule has 0 bridgehead atoms. The van der Waals surface area contributed by atoms with Gasteiger partial charge in [-0.2, -0.15) is 0 Å². The topological polar surface area (TPSA) is 50.4 Å². The van der Waals surface area contributed by atoms with Crippen LogP contribution >= 0.6 is 0 Å². The van der Waals surface area contributed by atoms with Crippen molar-refractivity contribution in [1.82, 2.24) is 0 Å². The molecule has 0 saturated carbocycles. The van der Waals surface area contributed by atoms with Gasteiger partial charge in [-0.25, -0.2) is 9.18 Å². The molecular formula is C11H9FO3. The van der Waals surface area contributed by atoms with Gasteiger partial charge in [0.05, 0.1) is 0 Å². The fraction of sp³-hybridized carbons (Fsp3) is 0.182. The highest BCUT2D eigenvalue weighted by Gasteiger charge is 2.19. The highest BCUT2D eigenvalue weighted by atomic mass is 19.1. The second-order valence-corrected chi connectivity index (χ2v) is 3.43. The van der Waals surface area contributed by atoms with Crippen LogP contribution in [0.2, 0.25) is 0 Å². The number of fused-ring (bicyclic) bond motifs is 1. The smallest absolute Gasteiger partial charge is 0.339 e. The first-order valence-corrected chi connectivity index (χ1v) is 4.43. The molecule has 0 unspecified atom stereocenters. The summed E-state index contributed by atoms with van der Waals surface area (Å²) < 4.78 is 18.2. The van der Waals surface area contributed by atoms with E-state index < -0.39 is 11.8 Å². The van der Waals surface area contributed by atoms with E-state index in [0.29, 0.717) is 16.7 Å². The van der Waals surface area contributed by atoms with Gasteiger partial charge in [-0.3, -0.25) is 0 Å². The SMILES string of the molecule is Cc1oc2cc(F)cc(C)c2c1C(=O)O. The minimum absolute atomic E-state index is 0.113.